The van der Waals surface area contributed by atoms with E-state index >= 15 is 0 Å². The summed E-state index contributed by atoms with van der Waals surface area (Å²) in [4.78, 5) is 13.4. The van der Waals surface area contributed by atoms with Gasteiger partial charge in [0.05, 0.1) is 5.69 Å². The van der Waals surface area contributed by atoms with Crippen molar-refractivity contribution in [3.63, 3.8) is 0 Å². The molecule has 3 aromatic rings. The molecule has 0 atom stereocenters. The zero-order valence-electron chi connectivity index (χ0n) is 11.9. The molecule has 0 aliphatic carbocycles. The van der Waals surface area contributed by atoms with Crippen LogP contribution < -0.4 is 5.32 Å². The van der Waals surface area contributed by atoms with E-state index in [1.54, 1.807) is 6.20 Å². The predicted molar refractivity (Wildman–Crippen MR) is 79.2 cm³/mol. The fraction of sp³-hybridized carbons (Fsp3) is 0.267. The molecule has 5 nitrogen and oxygen atoms in total. The molecule has 3 heterocycles. The number of nitrogens with one attached hydrogen (secondary N) is 1. The van der Waals surface area contributed by atoms with Crippen molar-refractivity contribution in [2.75, 3.05) is 7.05 Å². The van der Waals surface area contributed by atoms with Crippen LogP contribution in [0.15, 0.2) is 30.7 Å². The highest BCUT2D eigenvalue weighted by molar-refractivity contribution is 5.93. The summed E-state index contributed by atoms with van der Waals surface area (Å²) in [6.45, 7) is 2.71. The molecular formula is C15H17N5. The molecule has 5 heteroatoms. The van der Waals surface area contributed by atoms with E-state index in [4.69, 9.17) is 0 Å². The van der Waals surface area contributed by atoms with Gasteiger partial charge in [0.25, 0.3) is 0 Å². The highest BCUT2D eigenvalue weighted by Crippen LogP contribution is 2.29. The molecule has 0 radical (unpaired) electrons. The van der Waals surface area contributed by atoms with Crippen molar-refractivity contribution in [3.8, 4) is 11.3 Å². The predicted octanol–water partition coefficient (Wildman–Crippen LogP) is 2.06. The molecule has 102 valence electrons. The summed E-state index contributed by atoms with van der Waals surface area (Å²) in [7, 11) is 3.96. The number of hydrogen-bond donors (Lipinski definition) is 1. The van der Waals surface area contributed by atoms with Crippen molar-refractivity contribution in [1.82, 2.24) is 24.8 Å². The number of aryl methyl sites for hydroxylation is 2. The summed E-state index contributed by atoms with van der Waals surface area (Å²) in [5.41, 5.74) is 4.13. The molecule has 0 aromatic carbocycles. The summed E-state index contributed by atoms with van der Waals surface area (Å²) in [6, 6.07) is 3.96. The first-order valence-corrected chi connectivity index (χ1v) is 6.58. The van der Waals surface area contributed by atoms with Crippen molar-refractivity contribution in [2.24, 2.45) is 7.05 Å². The van der Waals surface area contributed by atoms with Crippen LogP contribution in [0, 0.1) is 6.92 Å². The Kier molecular flexibility index (Phi) is 3.20. The van der Waals surface area contributed by atoms with Crippen molar-refractivity contribution in [3.05, 3.63) is 42.1 Å². The average molecular weight is 267 g/mol. The summed E-state index contributed by atoms with van der Waals surface area (Å²) >= 11 is 0. The first-order chi connectivity index (χ1) is 9.70. The minimum absolute atomic E-state index is 0.772. The second-order valence-corrected chi connectivity index (χ2v) is 4.86. The molecule has 0 aliphatic heterocycles. The van der Waals surface area contributed by atoms with E-state index in [0.717, 1.165) is 34.7 Å². The van der Waals surface area contributed by atoms with Gasteiger partial charge < -0.3 is 9.88 Å². The minimum Gasteiger partial charge on any atom is -0.335 e. The Hall–Kier alpha value is -2.27. The molecule has 3 rings (SSSR count). The van der Waals surface area contributed by atoms with E-state index in [9.17, 15) is 0 Å². The van der Waals surface area contributed by atoms with Gasteiger partial charge in [0.15, 0.2) is 0 Å². The fourth-order valence-electron chi connectivity index (χ4n) is 2.50. The third-order valence-electron chi connectivity index (χ3n) is 3.31. The lowest BCUT2D eigenvalue weighted by Gasteiger charge is -2.06. The normalized spacial score (nSPS) is 11.2. The molecule has 0 saturated carbocycles. The van der Waals surface area contributed by atoms with Gasteiger partial charge in [-0.05, 0) is 31.7 Å². The first-order valence-electron chi connectivity index (χ1n) is 6.58. The number of nitrogens with zero attached hydrogens (tertiary/aromatic N) is 4. The topological polar surface area (TPSA) is 55.6 Å². The molecule has 0 unspecified atom stereocenters. The van der Waals surface area contributed by atoms with Crippen molar-refractivity contribution in [2.45, 2.75) is 13.5 Å². The lowest BCUT2D eigenvalue weighted by atomic mass is 10.1. The molecule has 1 N–H and O–H groups in total. The standard InChI is InChI=1S/C15H17N5/c1-10-18-14(11-5-4-6-17-8-11)13-12(7-16-2)9-20(3)15(13)19-10/h4-6,8-9,16H,7H2,1-3H3. The van der Waals surface area contributed by atoms with Crippen LogP contribution in [0.25, 0.3) is 22.3 Å². The van der Waals surface area contributed by atoms with Crippen molar-refractivity contribution in [1.29, 1.82) is 0 Å². The Labute approximate surface area is 117 Å². The van der Waals surface area contributed by atoms with Gasteiger partial charge >= 0.3 is 0 Å². The highest BCUT2D eigenvalue weighted by atomic mass is 15.0. The minimum atomic E-state index is 0.772. The molecule has 0 spiro atoms. The maximum atomic E-state index is 4.64. The monoisotopic (exact) mass is 267 g/mol. The molecule has 0 bridgehead atoms. The molecule has 0 amide bonds. The van der Waals surface area contributed by atoms with Gasteiger partial charge in [-0.1, -0.05) is 0 Å². The van der Waals surface area contributed by atoms with Crippen LogP contribution in [0.4, 0.5) is 0 Å². The molecule has 3 aromatic heterocycles. The number of hydrogen-bond acceptors (Lipinski definition) is 4. The van der Waals surface area contributed by atoms with Crippen LogP contribution in [0.1, 0.15) is 11.4 Å². The van der Waals surface area contributed by atoms with E-state index < -0.39 is 0 Å². The van der Waals surface area contributed by atoms with Gasteiger partial charge in [-0.2, -0.15) is 0 Å². The maximum Gasteiger partial charge on any atom is 0.144 e. The smallest absolute Gasteiger partial charge is 0.144 e. The Balaban J connectivity index is 2.35. The van der Waals surface area contributed by atoms with Crippen LogP contribution in [0.2, 0.25) is 0 Å². The van der Waals surface area contributed by atoms with Crippen molar-refractivity contribution < 1.29 is 0 Å². The zero-order valence-corrected chi connectivity index (χ0v) is 11.9. The van der Waals surface area contributed by atoms with Gasteiger partial charge in [0.1, 0.15) is 11.5 Å². The van der Waals surface area contributed by atoms with Crippen LogP contribution in [-0.2, 0) is 13.6 Å². The van der Waals surface area contributed by atoms with Crippen LogP contribution >= 0.6 is 0 Å². The fourth-order valence-corrected chi connectivity index (χ4v) is 2.50. The summed E-state index contributed by atoms with van der Waals surface area (Å²) in [6.07, 6.45) is 5.72. The molecule has 20 heavy (non-hydrogen) atoms. The van der Waals surface area contributed by atoms with Gasteiger partial charge in [0, 0.05) is 43.1 Å². The molecular weight excluding hydrogens is 250 g/mol. The van der Waals surface area contributed by atoms with Gasteiger partial charge in [-0.3, -0.25) is 4.98 Å². The number of fused-ring (bicyclic) bond motifs is 1. The highest BCUT2D eigenvalue weighted by Gasteiger charge is 2.15. The molecule has 0 aliphatic rings. The average Bonchev–Trinajstić information content (AvgIpc) is 2.76. The number of rotatable bonds is 3. The second kappa shape index (κ2) is 5.02. The zero-order chi connectivity index (χ0) is 14.1. The summed E-state index contributed by atoms with van der Waals surface area (Å²) in [5, 5.41) is 4.30. The number of pyridine rings is 1. The lowest BCUT2D eigenvalue weighted by molar-refractivity contribution is 0.815. The third kappa shape index (κ3) is 2.06. The van der Waals surface area contributed by atoms with E-state index in [0.29, 0.717) is 0 Å². The van der Waals surface area contributed by atoms with E-state index in [1.165, 1.54) is 5.56 Å². The van der Waals surface area contributed by atoms with Crippen LogP contribution in [0.3, 0.4) is 0 Å². The first kappa shape index (κ1) is 12.7. The van der Waals surface area contributed by atoms with Gasteiger partial charge in [-0.15, -0.1) is 0 Å². The summed E-state index contributed by atoms with van der Waals surface area (Å²) in [5.74, 6) is 0.772. The van der Waals surface area contributed by atoms with Gasteiger partial charge in [-0.25, -0.2) is 9.97 Å². The Morgan fingerprint density at radius 3 is 2.85 bits per heavy atom. The van der Waals surface area contributed by atoms with E-state index in [2.05, 4.69) is 31.0 Å². The van der Waals surface area contributed by atoms with Crippen LogP contribution in [0.5, 0.6) is 0 Å². The maximum absolute atomic E-state index is 4.64. The lowest BCUT2D eigenvalue weighted by Crippen LogP contribution is -2.05. The van der Waals surface area contributed by atoms with Crippen molar-refractivity contribution >= 4 is 11.0 Å². The second-order valence-electron chi connectivity index (χ2n) is 4.86. The Bertz CT molecular complexity index is 746. The number of aromatic nitrogens is 4. The van der Waals surface area contributed by atoms with E-state index in [1.807, 2.05) is 39.3 Å². The largest absolute Gasteiger partial charge is 0.335 e. The third-order valence-corrected chi connectivity index (χ3v) is 3.31. The molecule has 0 saturated heterocycles. The quantitative estimate of drug-likeness (QED) is 0.789. The SMILES string of the molecule is CNCc1cn(C)c2nc(C)nc(-c3cccnc3)c12. The summed E-state index contributed by atoms with van der Waals surface area (Å²) < 4.78 is 2.05. The Morgan fingerprint density at radius 1 is 1.30 bits per heavy atom. The van der Waals surface area contributed by atoms with E-state index in [-0.39, 0.29) is 0 Å². The van der Waals surface area contributed by atoms with Crippen LogP contribution in [-0.4, -0.2) is 26.6 Å². The van der Waals surface area contributed by atoms with Gasteiger partial charge in [0.2, 0.25) is 0 Å². The Morgan fingerprint density at radius 2 is 2.15 bits per heavy atom. The molecule has 0 fully saturated rings.